The van der Waals surface area contributed by atoms with Crippen molar-refractivity contribution in [2.24, 2.45) is 5.29 Å². The molecule has 0 bridgehead atoms. The minimum absolute atomic E-state index is 0.336. The first-order chi connectivity index (χ1) is 7.67. The van der Waals surface area contributed by atoms with E-state index in [-0.39, 0.29) is 0 Å². The Morgan fingerprint density at radius 3 is 2.56 bits per heavy atom. The van der Waals surface area contributed by atoms with Crippen LogP contribution in [0.15, 0.2) is 29.6 Å². The molecule has 1 aromatic carbocycles. The maximum atomic E-state index is 11.2. The number of nitroso groups, excluding NO2 is 1. The molecule has 6 heteroatoms. The van der Waals surface area contributed by atoms with Crippen LogP contribution in [0.4, 0.5) is 4.79 Å². The van der Waals surface area contributed by atoms with Crippen LogP contribution in [0.25, 0.3) is 0 Å². The maximum Gasteiger partial charge on any atom is 0.340 e. The standard InChI is InChI=1S/C10H13N3O3/c1-13(12-15)10(14)11-7-8-3-5-9(16-2)6-4-8/h3-6H,7H2,1-2H3,(H,11,14). The molecule has 0 saturated carbocycles. The first-order valence-electron chi connectivity index (χ1n) is 4.65. The lowest BCUT2D eigenvalue weighted by Gasteiger charge is -2.09. The van der Waals surface area contributed by atoms with E-state index >= 15 is 0 Å². The minimum Gasteiger partial charge on any atom is -0.497 e. The van der Waals surface area contributed by atoms with Crippen molar-refractivity contribution < 1.29 is 9.53 Å². The van der Waals surface area contributed by atoms with Gasteiger partial charge < -0.3 is 10.1 Å². The van der Waals surface area contributed by atoms with Gasteiger partial charge in [-0.2, -0.15) is 5.01 Å². The van der Waals surface area contributed by atoms with Gasteiger partial charge in [0.2, 0.25) is 0 Å². The SMILES string of the molecule is COc1ccc(CNC(=O)N(C)N=O)cc1. The van der Waals surface area contributed by atoms with Gasteiger partial charge in [0.1, 0.15) is 5.75 Å². The predicted octanol–water partition coefficient (Wildman–Crippen LogP) is 1.52. The molecule has 0 radical (unpaired) electrons. The van der Waals surface area contributed by atoms with Gasteiger partial charge in [-0.15, -0.1) is 4.91 Å². The Balaban J connectivity index is 2.48. The summed E-state index contributed by atoms with van der Waals surface area (Å²) >= 11 is 0. The quantitative estimate of drug-likeness (QED) is 0.621. The van der Waals surface area contributed by atoms with Crippen molar-refractivity contribution in [3.05, 3.63) is 34.7 Å². The van der Waals surface area contributed by atoms with Gasteiger partial charge in [0, 0.05) is 13.6 Å². The Kier molecular flexibility index (Phi) is 4.26. The molecule has 2 amide bonds. The van der Waals surface area contributed by atoms with E-state index in [0.717, 1.165) is 11.3 Å². The smallest absolute Gasteiger partial charge is 0.340 e. The molecule has 0 saturated heterocycles. The van der Waals surface area contributed by atoms with Gasteiger partial charge >= 0.3 is 6.03 Å². The average Bonchev–Trinajstić information content (AvgIpc) is 2.35. The second kappa shape index (κ2) is 5.69. The van der Waals surface area contributed by atoms with Gasteiger partial charge in [0.05, 0.1) is 12.4 Å². The second-order valence-corrected chi connectivity index (χ2v) is 3.11. The number of nitrogens with zero attached hydrogens (tertiary/aromatic N) is 2. The molecule has 1 aromatic rings. The van der Waals surface area contributed by atoms with E-state index in [1.54, 1.807) is 19.2 Å². The molecule has 86 valence electrons. The van der Waals surface area contributed by atoms with Crippen molar-refractivity contribution in [1.29, 1.82) is 0 Å². The van der Waals surface area contributed by atoms with E-state index in [0.29, 0.717) is 11.6 Å². The second-order valence-electron chi connectivity index (χ2n) is 3.11. The largest absolute Gasteiger partial charge is 0.497 e. The molecule has 0 fully saturated rings. The van der Waals surface area contributed by atoms with E-state index in [1.807, 2.05) is 12.1 Å². The van der Waals surface area contributed by atoms with E-state index < -0.39 is 6.03 Å². The zero-order valence-corrected chi connectivity index (χ0v) is 9.14. The molecule has 0 spiro atoms. The lowest BCUT2D eigenvalue weighted by atomic mass is 10.2. The van der Waals surface area contributed by atoms with Gasteiger partial charge in [-0.3, -0.25) is 0 Å². The van der Waals surface area contributed by atoms with Gasteiger partial charge in [0.15, 0.2) is 0 Å². The topological polar surface area (TPSA) is 71.0 Å². The number of methoxy groups -OCH3 is 1. The molecule has 0 aliphatic rings. The summed E-state index contributed by atoms with van der Waals surface area (Å²) in [5, 5.41) is 5.72. The summed E-state index contributed by atoms with van der Waals surface area (Å²) in [5.41, 5.74) is 0.911. The molecule has 0 aromatic heterocycles. The fraction of sp³-hybridized carbons (Fsp3) is 0.300. The van der Waals surface area contributed by atoms with Crippen molar-refractivity contribution in [1.82, 2.24) is 10.3 Å². The molecule has 0 aliphatic heterocycles. The van der Waals surface area contributed by atoms with E-state index in [1.165, 1.54) is 7.05 Å². The number of nitrogens with one attached hydrogen (secondary N) is 1. The predicted molar refractivity (Wildman–Crippen MR) is 58.8 cm³/mol. The summed E-state index contributed by atoms with van der Waals surface area (Å²) < 4.78 is 5.00. The zero-order valence-electron chi connectivity index (χ0n) is 9.14. The van der Waals surface area contributed by atoms with Crippen LogP contribution in [0.3, 0.4) is 0 Å². The third kappa shape index (κ3) is 3.23. The lowest BCUT2D eigenvalue weighted by Crippen LogP contribution is -2.33. The first kappa shape index (κ1) is 12.0. The Morgan fingerprint density at radius 1 is 1.44 bits per heavy atom. The molecule has 1 rings (SSSR count). The number of amides is 2. The Labute approximate surface area is 93.1 Å². The van der Waals surface area contributed by atoms with Crippen molar-refractivity contribution in [3.8, 4) is 5.75 Å². The number of hydrogen-bond acceptors (Lipinski definition) is 4. The molecule has 0 aliphatic carbocycles. The molecular formula is C10H13N3O3. The Morgan fingerprint density at radius 2 is 2.06 bits per heavy atom. The average molecular weight is 223 g/mol. The highest BCUT2D eigenvalue weighted by atomic mass is 16.5. The molecule has 6 nitrogen and oxygen atoms in total. The van der Waals surface area contributed by atoms with Gasteiger partial charge in [-0.05, 0) is 17.7 Å². The number of rotatable bonds is 4. The van der Waals surface area contributed by atoms with E-state index in [2.05, 4.69) is 10.6 Å². The maximum absolute atomic E-state index is 11.2. The summed E-state index contributed by atoms with van der Waals surface area (Å²) in [6.45, 7) is 0.336. The van der Waals surface area contributed by atoms with Crippen LogP contribution in [-0.2, 0) is 6.54 Å². The van der Waals surface area contributed by atoms with Crippen LogP contribution in [0.5, 0.6) is 5.75 Å². The molecule has 0 heterocycles. The number of ether oxygens (including phenoxy) is 1. The Bertz CT molecular complexity index is 364. The normalized spacial score (nSPS) is 9.38. The molecule has 0 unspecified atom stereocenters. The first-order valence-corrected chi connectivity index (χ1v) is 4.65. The highest BCUT2D eigenvalue weighted by molar-refractivity contribution is 5.73. The zero-order chi connectivity index (χ0) is 12.0. The third-order valence-corrected chi connectivity index (χ3v) is 2.02. The van der Waals surface area contributed by atoms with Crippen LogP contribution in [0.2, 0.25) is 0 Å². The molecule has 1 N–H and O–H groups in total. The van der Waals surface area contributed by atoms with Crippen molar-refractivity contribution >= 4 is 6.03 Å². The summed E-state index contributed by atoms with van der Waals surface area (Å²) in [7, 11) is 2.87. The highest BCUT2D eigenvalue weighted by Gasteiger charge is 2.06. The van der Waals surface area contributed by atoms with Gasteiger partial charge in [-0.25, -0.2) is 4.79 Å². The fourth-order valence-electron chi connectivity index (χ4n) is 1.07. The molecular weight excluding hydrogens is 210 g/mol. The fourth-order valence-corrected chi connectivity index (χ4v) is 1.07. The number of carbonyl (C=O) groups is 1. The summed E-state index contributed by atoms with van der Waals surface area (Å²) in [5.74, 6) is 0.752. The van der Waals surface area contributed by atoms with E-state index in [4.69, 9.17) is 4.74 Å². The minimum atomic E-state index is -0.536. The molecule has 0 atom stereocenters. The summed E-state index contributed by atoms with van der Waals surface area (Å²) in [6.07, 6.45) is 0. The van der Waals surface area contributed by atoms with Crippen molar-refractivity contribution in [2.75, 3.05) is 14.2 Å². The van der Waals surface area contributed by atoms with Crippen LogP contribution < -0.4 is 10.1 Å². The number of hydrogen-bond donors (Lipinski definition) is 1. The number of benzene rings is 1. The van der Waals surface area contributed by atoms with Crippen molar-refractivity contribution in [2.45, 2.75) is 6.54 Å². The lowest BCUT2D eigenvalue weighted by molar-refractivity contribution is 0.209. The van der Waals surface area contributed by atoms with E-state index in [9.17, 15) is 9.70 Å². The van der Waals surface area contributed by atoms with Crippen LogP contribution in [0.1, 0.15) is 5.56 Å². The van der Waals surface area contributed by atoms with Crippen LogP contribution in [-0.4, -0.2) is 25.2 Å². The van der Waals surface area contributed by atoms with Crippen molar-refractivity contribution in [3.63, 3.8) is 0 Å². The Hall–Kier alpha value is -2.11. The number of urea groups is 1. The molecule has 16 heavy (non-hydrogen) atoms. The summed E-state index contributed by atoms with van der Waals surface area (Å²) in [6, 6.07) is 6.71. The van der Waals surface area contributed by atoms with Gasteiger partial charge in [0.25, 0.3) is 0 Å². The summed E-state index contributed by atoms with van der Waals surface area (Å²) in [4.78, 5) is 21.2. The monoisotopic (exact) mass is 223 g/mol. The highest BCUT2D eigenvalue weighted by Crippen LogP contribution is 2.10. The van der Waals surface area contributed by atoms with Gasteiger partial charge in [-0.1, -0.05) is 12.1 Å². The van der Waals surface area contributed by atoms with Crippen LogP contribution in [0, 0.1) is 4.91 Å². The van der Waals surface area contributed by atoms with Crippen LogP contribution >= 0.6 is 0 Å². The number of carbonyl (C=O) groups excluding carboxylic acids is 1. The third-order valence-electron chi connectivity index (χ3n) is 2.02.